The molecule has 1 aromatic rings. The van der Waals surface area contributed by atoms with Gasteiger partial charge in [0.2, 0.25) is 0 Å². The van der Waals surface area contributed by atoms with Gasteiger partial charge >= 0.3 is 0 Å². The summed E-state index contributed by atoms with van der Waals surface area (Å²) in [5.74, 6) is 2.23. The third kappa shape index (κ3) is 5.45. The van der Waals surface area contributed by atoms with Crippen LogP contribution < -0.4 is 20.1 Å². The fraction of sp³-hybridized carbons (Fsp3) is 0.667. The molecule has 0 saturated heterocycles. The number of ether oxygens (including phenoxy) is 3. The van der Waals surface area contributed by atoms with E-state index < -0.39 is 0 Å². The van der Waals surface area contributed by atoms with Crippen LogP contribution >= 0.6 is 11.6 Å². The van der Waals surface area contributed by atoms with Gasteiger partial charge in [0, 0.05) is 33.9 Å². The zero-order valence-electron chi connectivity index (χ0n) is 17.0. The molecule has 0 aromatic heterocycles. The van der Waals surface area contributed by atoms with Crippen molar-refractivity contribution in [3.8, 4) is 11.5 Å². The number of halogens is 1. The minimum absolute atomic E-state index is 0.330. The Hall–Kier alpha value is -1.66. The van der Waals surface area contributed by atoms with Crippen LogP contribution in [0.1, 0.15) is 37.7 Å². The van der Waals surface area contributed by atoms with Gasteiger partial charge in [-0.2, -0.15) is 0 Å². The molecule has 0 spiro atoms. The average Bonchev–Trinajstić information content (AvgIpc) is 3.18. The second-order valence-corrected chi connectivity index (χ2v) is 8.06. The molecule has 0 atom stereocenters. The molecule has 6 nitrogen and oxygen atoms in total. The van der Waals surface area contributed by atoms with Crippen molar-refractivity contribution in [2.45, 2.75) is 38.5 Å². The third-order valence-electron chi connectivity index (χ3n) is 5.72. The average molecular weight is 410 g/mol. The van der Waals surface area contributed by atoms with Crippen LogP contribution in [0.3, 0.4) is 0 Å². The highest BCUT2D eigenvalue weighted by atomic mass is 35.5. The van der Waals surface area contributed by atoms with Crippen LogP contribution in [-0.4, -0.2) is 53.0 Å². The number of methoxy groups -OCH3 is 1. The summed E-state index contributed by atoms with van der Waals surface area (Å²) in [5.41, 5.74) is 1.45. The Morgan fingerprint density at radius 3 is 2.75 bits per heavy atom. The second kappa shape index (κ2) is 10.2. The van der Waals surface area contributed by atoms with Crippen LogP contribution in [0, 0.1) is 5.41 Å². The fourth-order valence-corrected chi connectivity index (χ4v) is 4.37. The summed E-state index contributed by atoms with van der Waals surface area (Å²) in [4.78, 5) is 4.37. The van der Waals surface area contributed by atoms with Crippen molar-refractivity contribution in [1.29, 1.82) is 0 Å². The van der Waals surface area contributed by atoms with E-state index >= 15 is 0 Å². The molecule has 2 aliphatic rings. The standard InChI is InChI=1S/C21H32ClN3O3/c1-23-20(25-15-21(8-10-26-2)6-3-4-7-21)24-9-5-16-13-17(22)19-18(14-16)27-11-12-28-19/h13-14H,3-12,15H2,1-2H3,(H2,23,24,25). The van der Waals surface area contributed by atoms with E-state index in [0.29, 0.717) is 29.4 Å². The summed E-state index contributed by atoms with van der Waals surface area (Å²) >= 11 is 6.32. The number of rotatable bonds is 8. The fourth-order valence-electron chi connectivity index (χ4n) is 4.08. The lowest BCUT2D eigenvalue weighted by molar-refractivity contribution is 0.138. The van der Waals surface area contributed by atoms with E-state index in [4.69, 9.17) is 25.8 Å². The summed E-state index contributed by atoms with van der Waals surface area (Å²) in [7, 11) is 3.59. The van der Waals surface area contributed by atoms with E-state index in [1.54, 1.807) is 7.11 Å². The molecular weight excluding hydrogens is 378 g/mol. The molecule has 156 valence electrons. The van der Waals surface area contributed by atoms with Crippen molar-refractivity contribution in [2.75, 3.05) is 47.1 Å². The molecule has 3 rings (SSSR count). The molecule has 0 unspecified atom stereocenters. The van der Waals surface area contributed by atoms with Gasteiger partial charge in [0.15, 0.2) is 17.5 Å². The van der Waals surface area contributed by atoms with Crippen molar-refractivity contribution >= 4 is 17.6 Å². The molecule has 0 radical (unpaired) electrons. The Balaban J connectivity index is 1.48. The molecule has 1 aliphatic heterocycles. The molecule has 0 bridgehead atoms. The highest BCUT2D eigenvalue weighted by Crippen LogP contribution is 2.40. The van der Waals surface area contributed by atoms with Crippen molar-refractivity contribution < 1.29 is 14.2 Å². The van der Waals surface area contributed by atoms with Crippen molar-refractivity contribution in [3.63, 3.8) is 0 Å². The first kappa shape index (κ1) is 21.1. The predicted molar refractivity (Wildman–Crippen MR) is 113 cm³/mol. The van der Waals surface area contributed by atoms with Crippen molar-refractivity contribution in [1.82, 2.24) is 10.6 Å². The minimum Gasteiger partial charge on any atom is -0.486 e. The lowest BCUT2D eigenvalue weighted by Crippen LogP contribution is -2.43. The van der Waals surface area contributed by atoms with Crippen molar-refractivity contribution in [2.24, 2.45) is 10.4 Å². The maximum atomic E-state index is 6.32. The number of hydrogen-bond donors (Lipinski definition) is 2. The Labute approximate surface area is 173 Å². The van der Waals surface area contributed by atoms with Crippen LogP contribution in [0.5, 0.6) is 11.5 Å². The highest BCUT2D eigenvalue weighted by Gasteiger charge is 2.33. The Morgan fingerprint density at radius 2 is 2.00 bits per heavy atom. The van der Waals surface area contributed by atoms with Crippen LogP contribution in [0.2, 0.25) is 5.02 Å². The summed E-state index contributed by atoms with van der Waals surface area (Å²) < 4.78 is 16.6. The van der Waals surface area contributed by atoms with Gasteiger partial charge < -0.3 is 24.8 Å². The van der Waals surface area contributed by atoms with Gasteiger partial charge in [-0.05, 0) is 48.8 Å². The molecular formula is C21H32ClN3O3. The zero-order chi connectivity index (χ0) is 19.8. The first-order valence-corrected chi connectivity index (χ1v) is 10.5. The molecule has 7 heteroatoms. The topological polar surface area (TPSA) is 64.1 Å². The maximum absolute atomic E-state index is 6.32. The number of benzene rings is 1. The number of nitrogens with one attached hydrogen (secondary N) is 2. The van der Waals surface area contributed by atoms with Crippen molar-refractivity contribution in [3.05, 3.63) is 22.7 Å². The van der Waals surface area contributed by atoms with Gasteiger partial charge in [-0.25, -0.2) is 0 Å². The van der Waals surface area contributed by atoms with Gasteiger partial charge in [0.25, 0.3) is 0 Å². The molecule has 1 aliphatic carbocycles. The van der Waals surface area contributed by atoms with Crippen LogP contribution in [0.15, 0.2) is 17.1 Å². The van der Waals surface area contributed by atoms with E-state index in [-0.39, 0.29) is 0 Å². The van der Waals surface area contributed by atoms with Crippen LogP contribution in [0.25, 0.3) is 0 Å². The molecule has 1 heterocycles. The van der Waals surface area contributed by atoms with E-state index in [0.717, 1.165) is 49.8 Å². The maximum Gasteiger partial charge on any atom is 0.191 e. The molecule has 1 aromatic carbocycles. The van der Waals surface area contributed by atoms with E-state index in [9.17, 15) is 0 Å². The second-order valence-electron chi connectivity index (χ2n) is 7.65. The molecule has 0 amide bonds. The van der Waals surface area contributed by atoms with Gasteiger partial charge in [0.05, 0.1) is 5.02 Å². The summed E-state index contributed by atoms with van der Waals surface area (Å²) in [6.07, 6.45) is 7.06. The molecule has 2 N–H and O–H groups in total. The summed E-state index contributed by atoms with van der Waals surface area (Å²) in [6.45, 7) is 3.62. The SMILES string of the molecule is CN=C(NCCc1cc(Cl)c2c(c1)OCCO2)NCC1(CCOC)CCCC1. The molecule has 1 fully saturated rings. The third-order valence-corrected chi connectivity index (χ3v) is 6.00. The normalized spacial score (nSPS) is 18.2. The predicted octanol–water partition coefficient (Wildman–Crippen LogP) is 3.42. The quantitative estimate of drug-likeness (QED) is 0.508. The summed E-state index contributed by atoms with van der Waals surface area (Å²) in [6, 6.07) is 3.96. The van der Waals surface area contributed by atoms with Crippen LogP contribution in [0.4, 0.5) is 0 Å². The number of guanidine groups is 1. The van der Waals surface area contributed by atoms with E-state index in [1.165, 1.54) is 25.7 Å². The van der Waals surface area contributed by atoms with E-state index in [2.05, 4.69) is 15.6 Å². The zero-order valence-corrected chi connectivity index (χ0v) is 17.7. The lowest BCUT2D eigenvalue weighted by Gasteiger charge is -2.30. The monoisotopic (exact) mass is 409 g/mol. The largest absolute Gasteiger partial charge is 0.486 e. The lowest BCUT2D eigenvalue weighted by atomic mass is 9.83. The number of nitrogens with zero attached hydrogens (tertiary/aromatic N) is 1. The number of aliphatic imine (C=N–C) groups is 1. The van der Waals surface area contributed by atoms with Crippen LogP contribution in [-0.2, 0) is 11.2 Å². The Kier molecular flexibility index (Phi) is 7.68. The van der Waals surface area contributed by atoms with E-state index in [1.807, 2.05) is 19.2 Å². The smallest absolute Gasteiger partial charge is 0.191 e. The first-order valence-electron chi connectivity index (χ1n) is 10.2. The Morgan fingerprint density at radius 1 is 1.21 bits per heavy atom. The van der Waals surface area contributed by atoms with Gasteiger partial charge in [-0.15, -0.1) is 0 Å². The molecule has 28 heavy (non-hydrogen) atoms. The first-order chi connectivity index (χ1) is 13.7. The Bertz CT molecular complexity index is 675. The van der Waals surface area contributed by atoms with Gasteiger partial charge in [-0.3, -0.25) is 4.99 Å². The number of fused-ring (bicyclic) bond motifs is 1. The molecule has 1 saturated carbocycles. The summed E-state index contributed by atoms with van der Waals surface area (Å²) in [5, 5.41) is 7.54. The highest BCUT2D eigenvalue weighted by molar-refractivity contribution is 6.32. The number of hydrogen-bond acceptors (Lipinski definition) is 4. The van der Waals surface area contributed by atoms with Gasteiger partial charge in [-0.1, -0.05) is 24.4 Å². The minimum atomic E-state index is 0.330. The van der Waals surface area contributed by atoms with Gasteiger partial charge in [0.1, 0.15) is 13.2 Å².